The van der Waals surface area contributed by atoms with Crippen LogP contribution in [0.25, 0.3) is 0 Å². The summed E-state index contributed by atoms with van der Waals surface area (Å²) in [4.78, 5) is 28.4. The van der Waals surface area contributed by atoms with Crippen molar-refractivity contribution in [2.45, 2.75) is 26.7 Å². The molecule has 1 heterocycles. The fourth-order valence-electron chi connectivity index (χ4n) is 2.67. The van der Waals surface area contributed by atoms with Gasteiger partial charge in [0.05, 0.1) is 12.3 Å². The van der Waals surface area contributed by atoms with Crippen LogP contribution in [0.2, 0.25) is 5.02 Å². The van der Waals surface area contributed by atoms with Gasteiger partial charge in [0, 0.05) is 30.3 Å². The van der Waals surface area contributed by atoms with Gasteiger partial charge in [-0.1, -0.05) is 41.6 Å². The molecule has 5 nitrogen and oxygen atoms in total. The number of amides is 2. The minimum atomic E-state index is -0.238. The van der Waals surface area contributed by atoms with Crippen molar-refractivity contribution in [3.05, 3.63) is 28.8 Å². The van der Waals surface area contributed by atoms with Gasteiger partial charge in [0.2, 0.25) is 11.8 Å². The summed E-state index contributed by atoms with van der Waals surface area (Å²) >= 11 is 12.7. The molecular weight excluding hydrogens is 390 g/mol. The number of aryl methyl sites for hydroxylation is 1. The number of hydrogen-bond donors (Lipinski definition) is 1. The lowest BCUT2D eigenvalue weighted by molar-refractivity contribution is -0.132. The zero-order valence-electron chi connectivity index (χ0n) is 15.1. The highest BCUT2D eigenvalue weighted by Gasteiger charge is 2.20. The zero-order valence-corrected chi connectivity index (χ0v) is 17.5. The van der Waals surface area contributed by atoms with E-state index >= 15 is 0 Å². The van der Waals surface area contributed by atoms with Crippen LogP contribution in [0.5, 0.6) is 0 Å². The molecule has 0 saturated carbocycles. The lowest BCUT2D eigenvalue weighted by atomic mass is 10.2. The summed E-state index contributed by atoms with van der Waals surface area (Å²) in [6.45, 7) is 6.18. The Morgan fingerprint density at radius 1 is 1.35 bits per heavy atom. The first-order valence-corrected chi connectivity index (χ1v) is 10.4. The molecule has 0 unspecified atom stereocenters. The van der Waals surface area contributed by atoms with Gasteiger partial charge < -0.3 is 15.1 Å². The normalized spacial score (nSPS) is 13.6. The molecule has 8 heteroatoms. The van der Waals surface area contributed by atoms with Gasteiger partial charge in [0.1, 0.15) is 4.32 Å². The molecule has 1 aromatic rings. The van der Waals surface area contributed by atoms with Crippen molar-refractivity contribution in [2.75, 3.05) is 37.2 Å². The summed E-state index contributed by atoms with van der Waals surface area (Å²) in [5.41, 5.74) is 1.58. The SMILES string of the molecule is CCN(CC(=O)Nc1cc(Cl)ccc1C)C(=O)CSC(=S)N1CCCC1. The van der Waals surface area contributed by atoms with Crippen LogP contribution in [0, 0.1) is 6.92 Å². The third-order valence-electron chi connectivity index (χ3n) is 4.23. The van der Waals surface area contributed by atoms with E-state index in [1.54, 1.807) is 12.1 Å². The molecule has 0 atom stereocenters. The monoisotopic (exact) mass is 413 g/mol. The predicted octanol–water partition coefficient (Wildman–Crippen LogP) is 3.55. The van der Waals surface area contributed by atoms with Crippen molar-refractivity contribution >= 4 is 57.4 Å². The fourth-order valence-corrected chi connectivity index (χ4v) is 4.00. The predicted molar refractivity (Wildman–Crippen MR) is 113 cm³/mol. The summed E-state index contributed by atoms with van der Waals surface area (Å²) in [5, 5.41) is 3.38. The molecule has 0 radical (unpaired) electrons. The highest BCUT2D eigenvalue weighted by Crippen LogP contribution is 2.20. The lowest BCUT2D eigenvalue weighted by Crippen LogP contribution is -2.39. The maximum Gasteiger partial charge on any atom is 0.244 e. The summed E-state index contributed by atoms with van der Waals surface area (Å²) in [7, 11) is 0. The van der Waals surface area contributed by atoms with Gasteiger partial charge in [-0.2, -0.15) is 0 Å². The smallest absolute Gasteiger partial charge is 0.244 e. The number of likely N-dealkylation sites (tertiary alicyclic amines) is 1. The van der Waals surface area contributed by atoms with Crippen LogP contribution in [-0.4, -0.2) is 57.9 Å². The van der Waals surface area contributed by atoms with Crippen LogP contribution in [0.15, 0.2) is 18.2 Å². The molecule has 1 aliphatic rings. The molecule has 26 heavy (non-hydrogen) atoms. The topological polar surface area (TPSA) is 52.7 Å². The molecule has 142 valence electrons. The number of carbonyl (C=O) groups excluding carboxylic acids is 2. The first-order chi connectivity index (χ1) is 12.4. The van der Waals surface area contributed by atoms with Crippen LogP contribution in [0.4, 0.5) is 5.69 Å². The summed E-state index contributed by atoms with van der Waals surface area (Å²) < 4.78 is 0.769. The second-order valence-electron chi connectivity index (χ2n) is 6.16. The third kappa shape index (κ3) is 6.14. The Morgan fingerprint density at radius 2 is 2.04 bits per heavy atom. The van der Waals surface area contributed by atoms with E-state index in [0.717, 1.165) is 35.8 Å². The number of nitrogens with one attached hydrogen (secondary N) is 1. The molecule has 0 aliphatic carbocycles. The molecule has 1 aliphatic heterocycles. The van der Waals surface area contributed by atoms with E-state index in [0.29, 0.717) is 17.3 Å². The maximum atomic E-state index is 12.4. The van der Waals surface area contributed by atoms with Crippen LogP contribution in [0.1, 0.15) is 25.3 Å². The second-order valence-corrected chi connectivity index (χ2v) is 8.21. The average molecular weight is 414 g/mol. The molecule has 2 rings (SSSR count). The van der Waals surface area contributed by atoms with E-state index in [4.69, 9.17) is 23.8 Å². The molecule has 2 amide bonds. The second kappa shape index (κ2) is 10.1. The number of thioether (sulfide) groups is 1. The Balaban J connectivity index is 1.84. The van der Waals surface area contributed by atoms with Crippen LogP contribution in [0.3, 0.4) is 0 Å². The Morgan fingerprint density at radius 3 is 2.69 bits per heavy atom. The first kappa shape index (κ1) is 21.0. The molecule has 0 spiro atoms. The van der Waals surface area contributed by atoms with Crippen molar-refractivity contribution in [1.82, 2.24) is 9.80 Å². The highest BCUT2D eigenvalue weighted by molar-refractivity contribution is 8.23. The molecule has 1 saturated heterocycles. The zero-order chi connectivity index (χ0) is 19.1. The molecule has 1 N–H and O–H groups in total. The average Bonchev–Trinajstić information content (AvgIpc) is 3.15. The number of halogens is 1. The molecule has 1 aromatic carbocycles. The van der Waals surface area contributed by atoms with E-state index in [1.807, 2.05) is 19.9 Å². The first-order valence-electron chi connectivity index (χ1n) is 8.66. The maximum absolute atomic E-state index is 12.4. The summed E-state index contributed by atoms with van der Waals surface area (Å²) in [6.07, 6.45) is 2.30. The van der Waals surface area contributed by atoms with E-state index in [9.17, 15) is 9.59 Å². The number of carbonyl (C=O) groups is 2. The Kier molecular flexibility index (Phi) is 8.18. The largest absolute Gasteiger partial charge is 0.358 e. The number of likely N-dealkylation sites (N-methyl/N-ethyl adjacent to an activating group) is 1. The Bertz CT molecular complexity index is 678. The Labute approximate surface area is 169 Å². The molecular formula is C18H24ClN3O2S2. The van der Waals surface area contributed by atoms with Crippen LogP contribution >= 0.6 is 35.6 Å². The van der Waals surface area contributed by atoms with Gasteiger partial charge >= 0.3 is 0 Å². The standard InChI is InChI=1S/C18H24ClN3O2S2/c1-3-21(17(24)12-26-18(25)22-8-4-5-9-22)11-16(23)20-15-10-14(19)7-6-13(15)2/h6-7,10H,3-5,8-9,11-12H2,1-2H3,(H,20,23). The quantitative estimate of drug-likeness (QED) is 0.723. The van der Waals surface area contributed by atoms with Gasteiger partial charge in [-0.3, -0.25) is 9.59 Å². The number of thiocarbonyl (C=S) groups is 1. The molecule has 1 fully saturated rings. The minimum Gasteiger partial charge on any atom is -0.358 e. The Hall–Kier alpha value is -1.31. The van der Waals surface area contributed by atoms with Crippen molar-refractivity contribution in [3.8, 4) is 0 Å². The van der Waals surface area contributed by atoms with Gasteiger partial charge in [0.15, 0.2) is 0 Å². The van der Waals surface area contributed by atoms with Crippen molar-refractivity contribution < 1.29 is 9.59 Å². The van der Waals surface area contributed by atoms with Crippen LogP contribution in [-0.2, 0) is 9.59 Å². The molecule has 0 aromatic heterocycles. The van der Waals surface area contributed by atoms with Crippen LogP contribution < -0.4 is 5.32 Å². The van der Waals surface area contributed by atoms with Crippen molar-refractivity contribution in [3.63, 3.8) is 0 Å². The van der Waals surface area contributed by atoms with Gasteiger partial charge in [-0.15, -0.1) is 0 Å². The van der Waals surface area contributed by atoms with E-state index in [2.05, 4.69) is 10.2 Å². The van der Waals surface area contributed by atoms with E-state index in [1.165, 1.54) is 16.7 Å². The van der Waals surface area contributed by atoms with Gasteiger partial charge in [-0.25, -0.2) is 0 Å². The van der Waals surface area contributed by atoms with Gasteiger partial charge in [-0.05, 0) is 44.4 Å². The van der Waals surface area contributed by atoms with E-state index < -0.39 is 0 Å². The number of anilines is 1. The van der Waals surface area contributed by atoms with Crippen molar-refractivity contribution in [2.24, 2.45) is 0 Å². The third-order valence-corrected chi connectivity index (χ3v) is 5.97. The highest BCUT2D eigenvalue weighted by atomic mass is 35.5. The number of hydrogen-bond acceptors (Lipinski definition) is 4. The fraction of sp³-hybridized carbons (Fsp3) is 0.500. The number of nitrogens with zero attached hydrogens (tertiary/aromatic N) is 2. The number of rotatable bonds is 6. The minimum absolute atomic E-state index is 0.0122. The summed E-state index contributed by atoms with van der Waals surface area (Å²) in [5.74, 6) is -0.0678. The summed E-state index contributed by atoms with van der Waals surface area (Å²) in [6, 6.07) is 5.32. The van der Waals surface area contributed by atoms with E-state index in [-0.39, 0.29) is 24.1 Å². The number of benzene rings is 1. The van der Waals surface area contributed by atoms with Crippen molar-refractivity contribution in [1.29, 1.82) is 0 Å². The van der Waals surface area contributed by atoms with Gasteiger partial charge in [0.25, 0.3) is 0 Å². The lowest BCUT2D eigenvalue weighted by Gasteiger charge is -2.22. The molecule has 0 bridgehead atoms.